The second kappa shape index (κ2) is 91.5. The number of rotatable bonds is 34. The SMILES string of the molecule is CCOC(=O)C(C)O.CCOC(=O)C(C)O.CCOC(=O)C(C)O.CCOCCOC(C)=O.CCOCCOC(C)=O.CCOCCOC(C)=O.CCOCCOC(C)=O.CCOCCOC(C)=O.CCOCCOC(C)=O.CCOCCOC(C)=O. The summed E-state index contributed by atoms with van der Waals surface area (Å²) in [6.07, 6.45) is -2.97. The van der Waals surface area contributed by atoms with Crippen LogP contribution in [0, 0.1) is 0 Å². The van der Waals surface area contributed by atoms with E-state index in [1.165, 1.54) is 69.2 Å². The Morgan fingerprint density at radius 1 is 0.218 bits per heavy atom. The van der Waals surface area contributed by atoms with Crippen LogP contribution in [0.3, 0.4) is 0 Å². The monoisotopic (exact) mass is 1280 g/mol. The molecule has 87 heavy (non-hydrogen) atoms. The highest BCUT2D eigenvalue weighted by Gasteiger charge is 2.09. The van der Waals surface area contributed by atoms with Crippen molar-refractivity contribution in [3.63, 3.8) is 0 Å². The van der Waals surface area contributed by atoms with Crippen LogP contribution in [-0.2, 0) is 128 Å². The first-order chi connectivity index (χ1) is 40.9. The van der Waals surface area contributed by atoms with E-state index in [1.54, 1.807) is 20.8 Å². The van der Waals surface area contributed by atoms with Crippen molar-refractivity contribution in [1.29, 1.82) is 0 Å². The van der Waals surface area contributed by atoms with Gasteiger partial charge in [0.25, 0.3) is 0 Å². The van der Waals surface area contributed by atoms with E-state index < -0.39 is 36.2 Å². The Morgan fingerprint density at radius 3 is 0.391 bits per heavy atom. The minimum absolute atomic E-state index is 0.255. The van der Waals surface area contributed by atoms with Crippen LogP contribution in [0.2, 0.25) is 0 Å². The highest BCUT2D eigenvalue weighted by atomic mass is 16.6. The van der Waals surface area contributed by atoms with E-state index in [9.17, 15) is 47.9 Å². The van der Waals surface area contributed by atoms with Crippen LogP contribution in [0.25, 0.3) is 0 Å². The van der Waals surface area contributed by atoms with E-state index in [4.69, 9.17) is 48.5 Å². The number of hydrogen-bond donors (Lipinski definition) is 3. The lowest BCUT2D eigenvalue weighted by molar-refractivity contribution is -0.152. The molecule has 0 rings (SSSR count). The number of aliphatic hydroxyl groups excluding tert-OH is 3. The summed E-state index contributed by atoms with van der Waals surface area (Å²) in [4.78, 5) is 102. The molecule has 30 heteroatoms. The first kappa shape index (κ1) is 103. The van der Waals surface area contributed by atoms with Crippen molar-refractivity contribution >= 4 is 59.7 Å². The fourth-order valence-corrected chi connectivity index (χ4v) is 3.51. The summed E-state index contributed by atoms with van der Waals surface area (Å²) in [7, 11) is 0. The molecule has 0 aliphatic carbocycles. The molecule has 0 saturated carbocycles. The fourth-order valence-electron chi connectivity index (χ4n) is 3.51. The molecule has 30 nitrogen and oxygen atoms in total. The Bertz CT molecular complexity index is 1260. The summed E-state index contributed by atoms with van der Waals surface area (Å²) in [6.45, 7) is 43.8. The van der Waals surface area contributed by atoms with Gasteiger partial charge in [-0.25, -0.2) is 14.4 Å². The minimum atomic E-state index is -0.991. The van der Waals surface area contributed by atoms with Gasteiger partial charge in [0.2, 0.25) is 0 Å². The van der Waals surface area contributed by atoms with Gasteiger partial charge in [0.1, 0.15) is 64.6 Å². The third-order valence-electron chi connectivity index (χ3n) is 7.04. The van der Waals surface area contributed by atoms with Crippen molar-refractivity contribution in [2.75, 3.05) is 159 Å². The zero-order valence-corrected chi connectivity index (χ0v) is 56.1. The fraction of sp³-hybridized carbons (Fsp3) is 0.825. The third-order valence-corrected chi connectivity index (χ3v) is 7.04. The van der Waals surface area contributed by atoms with Gasteiger partial charge in [-0.2, -0.15) is 0 Å². The zero-order valence-electron chi connectivity index (χ0n) is 56.1. The van der Waals surface area contributed by atoms with Gasteiger partial charge in [0.05, 0.1) is 66.1 Å². The predicted octanol–water partition coefficient (Wildman–Crippen LogP) is 3.89. The van der Waals surface area contributed by atoms with Gasteiger partial charge in [0, 0.05) is 94.7 Å². The molecule has 0 aliphatic heterocycles. The highest BCUT2D eigenvalue weighted by molar-refractivity contribution is 5.74. The van der Waals surface area contributed by atoms with Gasteiger partial charge in [-0.1, -0.05) is 0 Å². The Balaban J connectivity index is -0.0000000947. The van der Waals surface area contributed by atoms with E-state index in [-0.39, 0.29) is 41.8 Å². The Kier molecular flexibility index (Phi) is 108. The van der Waals surface area contributed by atoms with Crippen molar-refractivity contribution in [2.45, 2.75) is 157 Å². The number of carbonyl (C=O) groups is 10. The van der Waals surface area contributed by atoms with Gasteiger partial charge < -0.3 is 95.8 Å². The molecule has 0 heterocycles. The molecule has 0 radical (unpaired) electrons. The zero-order chi connectivity index (χ0) is 69.5. The second-order valence-corrected chi connectivity index (χ2v) is 15.0. The van der Waals surface area contributed by atoms with Crippen LogP contribution in [0.4, 0.5) is 0 Å². The summed E-state index contributed by atoms with van der Waals surface area (Å²) in [5, 5.41) is 25.4. The Hall–Kier alpha value is -5.70. The quantitative estimate of drug-likeness (QED) is 0.0467. The standard InChI is InChI=1S/7C6H12O3.3C5H10O3/c7*1-3-8-4-5-9-6(2)7;3*1-3-8-5(7)4(2)6/h7*3-5H2,1-2H3;3*4,6H,3H2,1-2H3. The van der Waals surface area contributed by atoms with Gasteiger partial charge >= 0.3 is 59.7 Å². The number of ether oxygens (including phenoxy) is 17. The maximum absolute atomic E-state index is 10.3. The van der Waals surface area contributed by atoms with Crippen LogP contribution in [0.1, 0.15) is 138 Å². The number of esters is 10. The summed E-state index contributed by atoms with van der Waals surface area (Å²) < 4.78 is 79.6. The van der Waals surface area contributed by atoms with E-state index in [2.05, 4.69) is 47.4 Å². The molecule has 0 aromatic rings. The lowest BCUT2D eigenvalue weighted by Crippen LogP contribution is -2.18. The van der Waals surface area contributed by atoms with Crippen LogP contribution < -0.4 is 0 Å². The first-order valence-corrected chi connectivity index (χ1v) is 28.5. The van der Waals surface area contributed by atoms with Crippen molar-refractivity contribution in [1.82, 2.24) is 0 Å². The van der Waals surface area contributed by atoms with E-state index in [0.29, 0.717) is 159 Å². The molecule has 0 aromatic carbocycles. The van der Waals surface area contributed by atoms with Crippen LogP contribution in [0.15, 0.2) is 0 Å². The minimum Gasteiger partial charge on any atom is -0.464 e. The first-order valence-electron chi connectivity index (χ1n) is 28.5. The highest BCUT2D eigenvalue weighted by Crippen LogP contribution is 1.87. The van der Waals surface area contributed by atoms with Crippen molar-refractivity contribution < 1.29 is 144 Å². The molecule has 0 bridgehead atoms. The lowest BCUT2D eigenvalue weighted by atomic mass is 10.4. The molecule has 3 unspecified atom stereocenters. The molecular weight excluding hydrogens is 1160 g/mol. The van der Waals surface area contributed by atoms with Crippen LogP contribution in [-0.4, -0.2) is 252 Å². The number of aliphatic hydroxyl groups is 3. The van der Waals surface area contributed by atoms with Crippen molar-refractivity contribution in [3.05, 3.63) is 0 Å². The van der Waals surface area contributed by atoms with E-state index in [0.717, 1.165) is 0 Å². The van der Waals surface area contributed by atoms with Crippen molar-refractivity contribution in [2.24, 2.45) is 0 Å². The summed E-state index contributed by atoms with van der Waals surface area (Å²) in [6, 6.07) is 0. The molecule has 522 valence electrons. The molecule has 0 spiro atoms. The summed E-state index contributed by atoms with van der Waals surface area (Å²) >= 11 is 0. The molecule has 0 saturated heterocycles. The average molecular weight is 1280 g/mol. The van der Waals surface area contributed by atoms with Crippen LogP contribution in [0.5, 0.6) is 0 Å². The molecular formula is C57H114O30. The second-order valence-electron chi connectivity index (χ2n) is 15.0. The van der Waals surface area contributed by atoms with E-state index in [1.807, 2.05) is 48.5 Å². The Morgan fingerprint density at radius 2 is 0.333 bits per heavy atom. The van der Waals surface area contributed by atoms with E-state index >= 15 is 0 Å². The molecule has 3 N–H and O–H groups in total. The molecule has 0 aromatic heterocycles. The van der Waals surface area contributed by atoms with Gasteiger partial charge in [0.15, 0.2) is 0 Å². The topological polar surface area (TPSA) is 388 Å². The smallest absolute Gasteiger partial charge is 0.334 e. The lowest BCUT2D eigenvalue weighted by Gasteiger charge is -2.01. The predicted molar refractivity (Wildman–Crippen MR) is 317 cm³/mol. The Labute approximate surface area is 517 Å². The van der Waals surface area contributed by atoms with Gasteiger partial charge in [-0.15, -0.1) is 0 Å². The van der Waals surface area contributed by atoms with Gasteiger partial charge in [-0.3, -0.25) is 33.6 Å². The van der Waals surface area contributed by atoms with Crippen LogP contribution >= 0.6 is 0 Å². The molecule has 3 atom stereocenters. The molecule has 0 fully saturated rings. The summed E-state index contributed by atoms with van der Waals surface area (Å²) in [5.41, 5.74) is 0. The summed E-state index contributed by atoms with van der Waals surface area (Å²) in [5.74, 6) is -3.47. The molecule has 0 amide bonds. The maximum Gasteiger partial charge on any atom is 0.334 e. The van der Waals surface area contributed by atoms with Gasteiger partial charge in [-0.05, 0) is 90.0 Å². The normalized spacial score (nSPS) is 10.1. The largest absolute Gasteiger partial charge is 0.464 e. The third kappa shape index (κ3) is 150. The molecule has 0 aliphatic rings. The maximum atomic E-state index is 10.3. The van der Waals surface area contributed by atoms with Crippen molar-refractivity contribution in [3.8, 4) is 0 Å². The average Bonchev–Trinajstić information content (AvgIpc) is 3.44. The number of hydrogen-bond acceptors (Lipinski definition) is 30. The number of carbonyl (C=O) groups excluding carboxylic acids is 10.